The Balaban J connectivity index is 0.913. The van der Waals surface area contributed by atoms with Gasteiger partial charge in [-0.25, -0.2) is 0 Å². The fourth-order valence-electron chi connectivity index (χ4n) is 14.9. The number of para-hydroxylation sites is 2. The standard InChI is InChI=1S/C48H51NS/c1-2-10-32-31(9-1)36-13-7-15-38-33-22-19-28(25-40(33)39-16-8-14-37(32)48(39)47(36)38)29-20-23-45-41(26-29)42-27-30(21-24-46(42)50-45)49-43-17-5-3-11-34(43)35-12-4-6-18-44(35)49/h3-6,11-12,17-18,20-21,23-24,26-28,31-33,36-40,47-48H,1-2,7-10,13-16,19,22,25H2. The zero-order valence-electron chi connectivity index (χ0n) is 29.5. The van der Waals surface area contributed by atoms with E-state index in [4.69, 9.17) is 0 Å². The molecule has 0 spiro atoms. The summed E-state index contributed by atoms with van der Waals surface area (Å²) in [5.74, 6) is 11.4. The van der Waals surface area contributed by atoms with Crippen molar-refractivity contribution in [3.8, 4) is 5.69 Å². The molecule has 6 saturated carbocycles. The second-order valence-electron chi connectivity index (χ2n) is 18.0. The molecule has 6 aromatic rings. The zero-order chi connectivity index (χ0) is 32.5. The van der Waals surface area contributed by atoms with Crippen LogP contribution in [-0.4, -0.2) is 4.57 Å². The second kappa shape index (κ2) is 11.2. The third kappa shape index (κ3) is 4.12. The Labute approximate surface area is 301 Å². The molecule has 0 amide bonds. The van der Waals surface area contributed by atoms with Crippen LogP contribution in [0.3, 0.4) is 0 Å². The Kier molecular flexibility index (Phi) is 6.60. The number of benzene rings is 4. The van der Waals surface area contributed by atoms with Crippen LogP contribution in [0, 0.1) is 59.2 Å². The van der Waals surface area contributed by atoms with E-state index in [9.17, 15) is 0 Å². The van der Waals surface area contributed by atoms with Crippen LogP contribution < -0.4 is 0 Å². The molecule has 1 nitrogen and oxygen atoms in total. The number of fused-ring (bicyclic) bond motifs is 12. The lowest BCUT2D eigenvalue weighted by molar-refractivity contribution is -0.188. The van der Waals surface area contributed by atoms with E-state index in [2.05, 4.69) is 89.5 Å². The van der Waals surface area contributed by atoms with Gasteiger partial charge in [-0.3, -0.25) is 0 Å². The van der Waals surface area contributed by atoms with Gasteiger partial charge in [0.25, 0.3) is 0 Å². The first kappa shape index (κ1) is 29.5. The molecule has 0 N–H and O–H groups in total. The van der Waals surface area contributed by atoms with Gasteiger partial charge in [-0.1, -0.05) is 68.1 Å². The van der Waals surface area contributed by atoms with E-state index in [0.29, 0.717) is 0 Å². The number of hydrogen-bond acceptors (Lipinski definition) is 1. The molecular weight excluding hydrogens is 623 g/mol. The quantitative estimate of drug-likeness (QED) is 0.172. The lowest BCUT2D eigenvalue weighted by Gasteiger charge is -2.67. The molecular formula is C48H51NS. The number of rotatable bonds is 2. The molecule has 0 saturated heterocycles. The van der Waals surface area contributed by atoms with Crippen LogP contribution in [0.25, 0.3) is 47.7 Å². The van der Waals surface area contributed by atoms with Gasteiger partial charge in [0.1, 0.15) is 0 Å². The molecule has 0 aliphatic heterocycles. The van der Waals surface area contributed by atoms with Crippen molar-refractivity contribution in [2.45, 2.75) is 89.4 Å². The molecule has 254 valence electrons. The molecule has 50 heavy (non-hydrogen) atoms. The molecule has 6 aliphatic rings. The molecule has 12 rings (SSSR count). The summed E-state index contributed by atoms with van der Waals surface area (Å²) in [4.78, 5) is 0. The van der Waals surface area contributed by atoms with E-state index in [1.165, 1.54) is 86.2 Å². The zero-order valence-corrected chi connectivity index (χ0v) is 30.3. The van der Waals surface area contributed by atoms with Gasteiger partial charge < -0.3 is 4.57 Å². The maximum absolute atomic E-state index is 2.66. The fraction of sp³-hybridized carbons (Fsp3) is 0.500. The van der Waals surface area contributed by atoms with Gasteiger partial charge in [0.05, 0.1) is 11.0 Å². The van der Waals surface area contributed by atoms with Crippen LogP contribution in [0.1, 0.15) is 95.0 Å². The van der Waals surface area contributed by atoms with Crippen molar-refractivity contribution in [1.82, 2.24) is 4.57 Å². The Morgan fingerprint density at radius 1 is 0.440 bits per heavy atom. The molecule has 6 fully saturated rings. The van der Waals surface area contributed by atoms with E-state index >= 15 is 0 Å². The van der Waals surface area contributed by atoms with Crippen LogP contribution in [0.2, 0.25) is 0 Å². The van der Waals surface area contributed by atoms with Crippen LogP contribution in [0.4, 0.5) is 0 Å². The van der Waals surface area contributed by atoms with Gasteiger partial charge in [0.15, 0.2) is 0 Å². The Bertz CT molecular complexity index is 2220. The third-order valence-electron chi connectivity index (χ3n) is 16.4. The predicted octanol–water partition coefficient (Wildman–Crippen LogP) is 13.6. The van der Waals surface area contributed by atoms with Gasteiger partial charge in [-0.05, 0) is 171 Å². The molecule has 11 unspecified atom stereocenters. The lowest BCUT2D eigenvalue weighted by atomic mass is 9.37. The van der Waals surface area contributed by atoms with Crippen LogP contribution >= 0.6 is 11.3 Å². The SMILES string of the molecule is c1ccc2c(c1)c1ccccc1n2-c1ccc2sc3ccc(C4CCC5C(C4)C4CCCC6C7CCCCC7C7CCCC5C7C64)cc3c2c1. The van der Waals surface area contributed by atoms with Crippen molar-refractivity contribution >= 4 is 53.3 Å². The van der Waals surface area contributed by atoms with Crippen molar-refractivity contribution < 1.29 is 0 Å². The average molecular weight is 674 g/mol. The summed E-state index contributed by atoms with van der Waals surface area (Å²) in [6.07, 6.45) is 20.0. The average Bonchev–Trinajstić information content (AvgIpc) is 3.72. The van der Waals surface area contributed by atoms with E-state index in [1.807, 2.05) is 11.3 Å². The maximum atomic E-state index is 2.66. The third-order valence-corrected chi connectivity index (χ3v) is 17.5. The highest BCUT2D eigenvalue weighted by Gasteiger charge is 2.62. The molecule has 2 heteroatoms. The van der Waals surface area contributed by atoms with Crippen LogP contribution in [0.5, 0.6) is 0 Å². The first-order valence-electron chi connectivity index (χ1n) is 20.7. The number of hydrogen-bond donors (Lipinski definition) is 0. The molecule has 11 atom stereocenters. The summed E-state index contributed by atoms with van der Waals surface area (Å²) in [5, 5.41) is 5.60. The highest BCUT2D eigenvalue weighted by Crippen LogP contribution is 2.69. The molecule has 6 aliphatic carbocycles. The van der Waals surface area contributed by atoms with Gasteiger partial charge in [0.2, 0.25) is 0 Å². The van der Waals surface area contributed by atoms with Crippen molar-refractivity contribution in [1.29, 1.82) is 0 Å². The van der Waals surface area contributed by atoms with Crippen LogP contribution in [0.15, 0.2) is 84.9 Å². The minimum atomic E-state index is 0.735. The molecule has 0 bridgehead atoms. The normalized spacial score (nSPS) is 36.4. The summed E-state index contributed by atoms with van der Waals surface area (Å²) in [5.41, 5.74) is 5.52. The topological polar surface area (TPSA) is 4.93 Å². The monoisotopic (exact) mass is 673 g/mol. The first-order valence-corrected chi connectivity index (χ1v) is 21.6. The smallest absolute Gasteiger partial charge is 0.0541 e. The Hall–Kier alpha value is -3.10. The van der Waals surface area contributed by atoms with Gasteiger partial charge in [-0.2, -0.15) is 0 Å². The summed E-state index contributed by atoms with van der Waals surface area (Å²) < 4.78 is 5.36. The minimum Gasteiger partial charge on any atom is -0.309 e. The maximum Gasteiger partial charge on any atom is 0.0541 e. The van der Waals surface area contributed by atoms with E-state index in [1.54, 1.807) is 50.5 Å². The number of nitrogens with zero attached hydrogens (tertiary/aromatic N) is 1. The van der Waals surface area contributed by atoms with Crippen molar-refractivity contribution in [3.05, 3.63) is 90.5 Å². The highest BCUT2D eigenvalue weighted by atomic mass is 32.1. The van der Waals surface area contributed by atoms with Crippen LogP contribution in [-0.2, 0) is 0 Å². The number of thiophene rings is 1. The summed E-state index contributed by atoms with van der Waals surface area (Å²) >= 11 is 1.98. The fourth-order valence-corrected chi connectivity index (χ4v) is 16.0. The molecule has 2 heterocycles. The summed E-state index contributed by atoms with van der Waals surface area (Å²) in [6, 6.07) is 32.8. The van der Waals surface area contributed by atoms with Gasteiger partial charge >= 0.3 is 0 Å². The van der Waals surface area contributed by atoms with E-state index in [-0.39, 0.29) is 0 Å². The lowest BCUT2D eigenvalue weighted by Crippen LogP contribution is -2.61. The molecule has 0 radical (unpaired) electrons. The summed E-state index contributed by atoms with van der Waals surface area (Å²) in [7, 11) is 0. The van der Waals surface area contributed by atoms with Crippen molar-refractivity contribution in [3.63, 3.8) is 0 Å². The van der Waals surface area contributed by atoms with E-state index < -0.39 is 0 Å². The van der Waals surface area contributed by atoms with E-state index in [0.717, 1.165) is 65.1 Å². The number of aromatic nitrogens is 1. The Morgan fingerprint density at radius 3 is 1.64 bits per heavy atom. The second-order valence-corrected chi connectivity index (χ2v) is 19.1. The molecule has 2 aromatic heterocycles. The largest absolute Gasteiger partial charge is 0.309 e. The predicted molar refractivity (Wildman–Crippen MR) is 211 cm³/mol. The molecule has 4 aromatic carbocycles. The van der Waals surface area contributed by atoms with Crippen molar-refractivity contribution in [2.75, 3.05) is 0 Å². The van der Waals surface area contributed by atoms with Crippen molar-refractivity contribution in [2.24, 2.45) is 59.2 Å². The Morgan fingerprint density at radius 2 is 0.980 bits per heavy atom. The summed E-state index contributed by atoms with van der Waals surface area (Å²) in [6.45, 7) is 0. The van der Waals surface area contributed by atoms with Gasteiger partial charge in [0, 0.05) is 36.6 Å². The highest BCUT2D eigenvalue weighted by molar-refractivity contribution is 7.25. The first-order chi connectivity index (χ1) is 24.8. The minimum absolute atomic E-state index is 0.735. The van der Waals surface area contributed by atoms with Gasteiger partial charge in [-0.15, -0.1) is 11.3 Å².